The molecule has 2 aliphatic rings. The van der Waals surface area contributed by atoms with Crippen molar-refractivity contribution in [3.05, 3.63) is 29.3 Å². The molecule has 27 heavy (non-hydrogen) atoms. The van der Waals surface area contributed by atoms with Gasteiger partial charge in [0.25, 0.3) is 5.91 Å². The van der Waals surface area contributed by atoms with Gasteiger partial charge < -0.3 is 14.7 Å². The number of sulfone groups is 1. The standard InChI is InChI=1S/C17H20N2O6S2/c1-10-4-3-5-12(11(10)2)19-13-8-27(23,24)9-14(13)26-17(19)18-15(20)6-25-7-16(21)22/h3-5,13-14H,6-9H2,1-2H3,(H,21,22)/t13-,14-/m1/s1. The Labute approximate surface area is 161 Å². The van der Waals surface area contributed by atoms with Gasteiger partial charge in [0.2, 0.25) is 0 Å². The number of benzene rings is 1. The van der Waals surface area contributed by atoms with E-state index < -0.39 is 34.9 Å². The van der Waals surface area contributed by atoms with Gasteiger partial charge in [-0.3, -0.25) is 4.79 Å². The molecule has 0 unspecified atom stereocenters. The van der Waals surface area contributed by atoms with Crippen molar-refractivity contribution in [3.63, 3.8) is 0 Å². The Kier molecular flexibility index (Phi) is 5.59. The molecule has 0 spiro atoms. The summed E-state index contributed by atoms with van der Waals surface area (Å²) in [4.78, 5) is 28.5. The normalized spacial score (nSPS) is 25.0. The molecule has 2 fully saturated rings. The number of fused-ring (bicyclic) bond motifs is 1. The van der Waals surface area contributed by atoms with E-state index in [1.54, 1.807) is 0 Å². The number of carboxylic acids is 1. The van der Waals surface area contributed by atoms with E-state index in [0.717, 1.165) is 16.8 Å². The molecule has 3 rings (SSSR count). The van der Waals surface area contributed by atoms with Crippen LogP contribution in [0, 0.1) is 13.8 Å². The molecule has 2 heterocycles. The average Bonchev–Trinajstić information content (AvgIpc) is 3.01. The van der Waals surface area contributed by atoms with Gasteiger partial charge in [-0.15, -0.1) is 0 Å². The number of anilines is 1. The maximum atomic E-state index is 12.1. The molecule has 2 atom stereocenters. The Bertz CT molecular complexity index is 912. The molecular formula is C17H20N2O6S2. The summed E-state index contributed by atoms with van der Waals surface area (Å²) in [5, 5.41) is 8.81. The number of carboxylic acid groups (broad SMARTS) is 1. The maximum Gasteiger partial charge on any atom is 0.329 e. The van der Waals surface area contributed by atoms with Crippen LogP contribution in [0.5, 0.6) is 0 Å². The number of aliphatic carboxylic acids is 1. The Morgan fingerprint density at radius 1 is 1.30 bits per heavy atom. The number of rotatable bonds is 5. The lowest BCUT2D eigenvalue weighted by Crippen LogP contribution is -2.38. The molecule has 1 N–H and O–H groups in total. The Morgan fingerprint density at radius 3 is 2.74 bits per heavy atom. The molecule has 0 saturated carbocycles. The molecule has 8 nitrogen and oxygen atoms in total. The number of amidine groups is 1. The number of amides is 1. The summed E-state index contributed by atoms with van der Waals surface area (Å²) < 4.78 is 29.0. The highest BCUT2D eigenvalue weighted by Gasteiger charge is 2.49. The minimum atomic E-state index is -3.14. The number of thioether (sulfide) groups is 1. The third-order valence-corrected chi connectivity index (χ3v) is 7.78. The van der Waals surface area contributed by atoms with Crippen LogP contribution in [0.15, 0.2) is 23.2 Å². The first-order valence-corrected chi connectivity index (χ1v) is 11.0. The first-order chi connectivity index (χ1) is 12.7. The van der Waals surface area contributed by atoms with Crippen LogP contribution < -0.4 is 4.90 Å². The second-order valence-electron chi connectivity index (χ2n) is 6.56. The smallest absolute Gasteiger partial charge is 0.329 e. The summed E-state index contributed by atoms with van der Waals surface area (Å²) in [7, 11) is -3.14. The van der Waals surface area contributed by atoms with Gasteiger partial charge in [-0.2, -0.15) is 4.99 Å². The third kappa shape index (κ3) is 4.33. The van der Waals surface area contributed by atoms with Gasteiger partial charge in [0.1, 0.15) is 13.2 Å². The summed E-state index contributed by atoms with van der Waals surface area (Å²) in [6, 6.07) is 5.45. The number of carbonyl (C=O) groups excluding carboxylic acids is 1. The highest BCUT2D eigenvalue weighted by molar-refractivity contribution is 8.16. The summed E-state index contributed by atoms with van der Waals surface area (Å²) in [6.45, 7) is 2.90. The zero-order valence-corrected chi connectivity index (χ0v) is 16.5. The zero-order valence-electron chi connectivity index (χ0n) is 14.9. The summed E-state index contributed by atoms with van der Waals surface area (Å²) in [6.07, 6.45) is 0. The van der Waals surface area contributed by atoms with Crippen molar-refractivity contribution in [2.24, 2.45) is 4.99 Å². The predicted molar refractivity (Wildman–Crippen MR) is 103 cm³/mol. The summed E-state index contributed by atoms with van der Waals surface area (Å²) in [5.41, 5.74) is 2.87. The van der Waals surface area contributed by atoms with Gasteiger partial charge in [-0.1, -0.05) is 23.9 Å². The molecule has 0 bridgehead atoms. The van der Waals surface area contributed by atoms with Crippen molar-refractivity contribution in [1.29, 1.82) is 0 Å². The molecule has 0 aromatic heterocycles. The van der Waals surface area contributed by atoms with Gasteiger partial charge >= 0.3 is 5.97 Å². The van der Waals surface area contributed by atoms with E-state index in [2.05, 4.69) is 4.99 Å². The minimum Gasteiger partial charge on any atom is -0.480 e. The van der Waals surface area contributed by atoms with E-state index >= 15 is 0 Å². The average molecular weight is 412 g/mol. The van der Waals surface area contributed by atoms with Gasteiger partial charge in [-0.05, 0) is 31.0 Å². The second-order valence-corrected chi connectivity index (χ2v) is 9.92. The molecule has 146 valence electrons. The number of carbonyl (C=O) groups is 2. The third-order valence-electron chi connectivity index (χ3n) is 4.57. The summed E-state index contributed by atoms with van der Waals surface area (Å²) >= 11 is 1.27. The number of aryl methyl sites for hydroxylation is 1. The van der Waals surface area contributed by atoms with Crippen molar-refractivity contribution in [1.82, 2.24) is 0 Å². The first kappa shape index (κ1) is 19.8. The lowest BCUT2D eigenvalue weighted by molar-refractivity contribution is -0.143. The minimum absolute atomic E-state index is 0.0147. The molecule has 2 aliphatic heterocycles. The van der Waals surface area contributed by atoms with Crippen molar-refractivity contribution in [3.8, 4) is 0 Å². The van der Waals surface area contributed by atoms with Crippen LogP contribution in [0.4, 0.5) is 5.69 Å². The number of ether oxygens (including phenoxy) is 1. The van der Waals surface area contributed by atoms with Crippen molar-refractivity contribution >= 4 is 44.3 Å². The van der Waals surface area contributed by atoms with Crippen LogP contribution in [0.3, 0.4) is 0 Å². The molecule has 1 aromatic rings. The topological polar surface area (TPSA) is 113 Å². The van der Waals surface area contributed by atoms with Crippen LogP contribution in [-0.4, -0.2) is 66.6 Å². The second kappa shape index (κ2) is 7.61. The van der Waals surface area contributed by atoms with E-state index in [0.29, 0.717) is 5.17 Å². The Morgan fingerprint density at radius 2 is 2.04 bits per heavy atom. The van der Waals surface area contributed by atoms with Crippen LogP contribution in [0.1, 0.15) is 11.1 Å². The first-order valence-electron chi connectivity index (χ1n) is 8.31. The van der Waals surface area contributed by atoms with Gasteiger partial charge in [0, 0.05) is 10.9 Å². The fourth-order valence-corrected chi connectivity index (χ4v) is 7.13. The quantitative estimate of drug-likeness (QED) is 0.762. The van der Waals surface area contributed by atoms with Crippen LogP contribution >= 0.6 is 11.8 Å². The van der Waals surface area contributed by atoms with Gasteiger partial charge in [-0.25, -0.2) is 13.2 Å². The Hall–Kier alpha value is -1.91. The van der Waals surface area contributed by atoms with Gasteiger partial charge in [0.15, 0.2) is 15.0 Å². The number of hydrogen-bond donors (Lipinski definition) is 1. The fraction of sp³-hybridized carbons (Fsp3) is 0.471. The molecule has 1 amide bonds. The molecule has 2 saturated heterocycles. The van der Waals surface area contributed by atoms with Crippen LogP contribution in [0.2, 0.25) is 0 Å². The Balaban J connectivity index is 1.91. The highest BCUT2D eigenvalue weighted by atomic mass is 32.2. The fourth-order valence-electron chi connectivity index (χ4n) is 3.21. The molecule has 1 aromatic carbocycles. The van der Waals surface area contributed by atoms with Gasteiger partial charge in [0.05, 0.1) is 17.5 Å². The van der Waals surface area contributed by atoms with Crippen molar-refractivity contribution in [2.75, 3.05) is 29.6 Å². The van der Waals surface area contributed by atoms with Crippen molar-refractivity contribution in [2.45, 2.75) is 25.1 Å². The molecule has 0 aliphatic carbocycles. The lowest BCUT2D eigenvalue weighted by atomic mass is 10.1. The molecular weight excluding hydrogens is 392 g/mol. The van der Waals surface area contributed by atoms with Crippen LogP contribution in [-0.2, 0) is 24.2 Å². The van der Waals surface area contributed by atoms with Crippen LogP contribution in [0.25, 0.3) is 0 Å². The van der Waals surface area contributed by atoms with E-state index in [9.17, 15) is 18.0 Å². The lowest BCUT2D eigenvalue weighted by Gasteiger charge is -2.26. The largest absolute Gasteiger partial charge is 0.480 e. The summed E-state index contributed by atoms with van der Waals surface area (Å²) in [5.74, 6) is -1.70. The molecule has 10 heteroatoms. The monoisotopic (exact) mass is 412 g/mol. The zero-order chi connectivity index (χ0) is 19.8. The van der Waals surface area contributed by atoms with E-state index in [-0.39, 0.29) is 22.8 Å². The number of aliphatic imine (C=N–C) groups is 1. The maximum absolute atomic E-state index is 12.1. The van der Waals surface area contributed by atoms with E-state index in [4.69, 9.17) is 9.84 Å². The molecule has 0 radical (unpaired) electrons. The van der Waals surface area contributed by atoms with E-state index in [1.165, 1.54) is 11.8 Å². The SMILES string of the molecule is Cc1cccc(N2C(=NC(=O)COCC(=O)O)S[C@@H]3CS(=O)(=O)C[C@H]32)c1C. The van der Waals surface area contributed by atoms with E-state index in [1.807, 2.05) is 36.9 Å². The van der Waals surface area contributed by atoms with Crippen molar-refractivity contribution < 1.29 is 27.9 Å². The highest BCUT2D eigenvalue weighted by Crippen LogP contribution is 2.42. The number of hydrogen-bond acceptors (Lipinski definition) is 6. The predicted octanol–water partition coefficient (Wildman–Crippen LogP) is 1.01. The number of nitrogens with zero attached hydrogens (tertiary/aromatic N) is 2.